The molecule has 1 unspecified atom stereocenters. The van der Waals surface area contributed by atoms with E-state index in [4.69, 9.17) is 4.74 Å². The van der Waals surface area contributed by atoms with Crippen molar-refractivity contribution in [2.45, 2.75) is 26.2 Å². The third-order valence-corrected chi connectivity index (χ3v) is 3.46. The van der Waals surface area contributed by atoms with Crippen LogP contribution in [0.25, 0.3) is 10.8 Å². The molecule has 0 N–H and O–H groups in total. The molecule has 0 spiro atoms. The summed E-state index contributed by atoms with van der Waals surface area (Å²) in [7, 11) is 0. The standard InChI is InChI=1S/C18H20O2/c1-4-20-18(19)14(3)11-13(2)16-10-9-15-7-5-6-8-17(15)12-16/h5-10,12-13H,3-4,11H2,1-2H3. The zero-order chi connectivity index (χ0) is 14.5. The van der Waals surface area contributed by atoms with Crippen LogP contribution in [0.1, 0.15) is 31.7 Å². The maximum atomic E-state index is 11.6. The number of benzene rings is 2. The first-order chi connectivity index (χ1) is 9.61. The Morgan fingerprint density at radius 1 is 1.20 bits per heavy atom. The molecule has 2 heteroatoms. The molecule has 2 nitrogen and oxygen atoms in total. The molecule has 0 saturated carbocycles. The van der Waals surface area contributed by atoms with Gasteiger partial charge in [-0.2, -0.15) is 0 Å². The topological polar surface area (TPSA) is 26.3 Å². The second kappa shape index (κ2) is 6.38. The summed E-state index contributed by atoms with van der Waals surface area (Å²) in [5, 5.41) is 2.45. The maximum absolute atomic E-state index is 11.6. The molecule has 1 atom stereocenters. The van der Waals surface area contributed by atoms with Crippen LogP contribution in [-0.2, 0) is 9.53 Å². The summed E-state index contributed by atoms with van der Waals surface area (Å²) < 4.78 is 4.97. The summed E-state index contributed by atoms with van der Waals surface area (Å²) in [5.41, 5.74) is 1.75. The minimum absolute atomic E-state index is 0.247. The minimum atomic E-state index is -0.292. The normalized spacial score (nSPS) is 12.1. The number of fused-ring (bicyclic) bond motifs is 1. The van der Waals surface area contributed by atoms with Gasteiger partial charge in [0.2, 0.25) is 0 Å². The lowest BCUT2D eigenvalue weighted by Crippen LogP contribution is -2.09. The van der Waals surface area contributed by atoms with E-state index in [0.717, 1.165) is 0 Å². The van der Waals surface area contributed by atoms with E-state index in [1.54, 1.807) is 6.92 Å². The molecule has 0 heterocycles. The largest absolute Gasteiger partial charge is 0.463 e. The van der Waals surface area contributed by atoms with Crippen LogP contribution >= 0.6 is 0 Å². The van der Waals surface area contributed by atoms with Crippen LogP contribution in [0.5, 0.6) is 0 Å². The van der Waals surface area contributed by atoms with Crippen LogP contribution in [0, 0.1) is 0 Å². The molecule has 0 saturated heterocycles. The summed E-state index contributed by atoms with van der Waals surface area (Å²) in [6.07, 6.45) is 0.622. The Balaban J connectivity index is 2.13. The molecule has 0 aliphatic heterocycles. The number of carbonyl (C=O) groups excluding carboxylic acids is 1. The molecule has 2 aromatic carbocycles. The third kappa shape index (κ3) is 3.27. The Bertz CT molecular complexity index is 628. The molecule has 2 aromatic rings. The van der Waals surface area contributed by atoms with Crippen LogP contribution in [0.15, 0.2) is 54.6 Å². The van der Waals surface area contributed by atoms with E-state index in [2.05, 4.69) is 43.8 Å². The highest BCUT2D eigenvalue weighted by atomic mass is 16.5. The first kappa shape index (κ1) is 14.3. The van der Waals surface area contributed by atoms with Crippen molar-refractivity contribution in [3.8, 4) is 0 Å². The summed E-state index contributed by atoms with van der Waals surface area (Å²) in [6.45, 7) is 8.13. The van der Waals surface area contributed by atoms with Crippen molar-refractivity contribution in [1.82, 2.24) is 0 Å². The molecule has 0 bridgehead atoms. The predicted octanol–water partition coefficient (Wildman–Crippen LogP) is 4.45. The number of rotatable bonds is 5. The zero-order valence-corrected chi connectivity index (χ0v) is 12.1. The smallest absolute Gasteiger partial charge is 0.333 e. The number of carbonyl (C=O) groups is 1. The van der Waals surface area contributed by atoms with E-state index in [0.29, 0.717) is 18.6 Å². The van der Waals surface area contributed by atoms with Gasteiger partial charge < -0.3 is 4.74 Å². The van der Waals surface area contributed by atoms with Crippen LogP contribution in [0.2, 0.25) is 0 Å². The zero-order valence-electron chi connectivity index (χ0n) is 12.1. The van der Waals surface area contributed by atoms with Crippen molar-refractivity contribution in [2.75, 3.05) is 6.61 Å². The van der Waals surface area contributed by atoms with Crippen molar-refractivity contribution >= 4 is 16.7 Å². The van der Waals surface area contributed by atoms with Gasteiger partial charge in [-0.15, -0.1) is 0 Å². The van der Waals surface area contributed by atoms with Gasteiger partial charge >= 0.3 is 5.97 Å². The Morgan fingerprint density at radius 2 is 1.90 bits per heavy atom. The molecular weight excluding hydrogens is 248 g/mol. The monoisotopic (exact) mass is 268 g/mol. The molecule has 0 amide bonds. The number of ether oxygens (including phenoxy) is 1. The van der Waals surface area contributed by atoms with Crippen LogP contribution in [-0.4, -0.2) is 12.6 Å². The molecule has 104 valence electrons. The van der Waals surface area contributed by atoms with Crippen LogP contribution in [0.3, 0.4) is 0 Å². The Morgan fingerprint density at radius 3 is 2.60 bits per heavy atom. The third-order valence-electron chi connectivity index (χ3n) is 3.46. The fourth-order valence-corrected chi connectivity index (χ4v) is 2.32. The van der Waals surface area contributed by atoms with Gasteiger partial charge in [0.05, 0.1) is 6.61 Å². The summed E-state index contributed by atoms with van der Waals surface area (Å²) in [6, 6.07) is 14.7. The highest BCUT2D eigenvalue weighted by Crippen LogP contribution is 2.26. The highest BCUT2D eigenvalue weighted by Gasteiger charge is 2.14. The average molecular weight is 268 g/mol. The second-order valence-corrected chi connectivity index (χ2v) is 5.04. The van der Waals surface area contributed by atoms with Crippen molar-refractivity contribution in [2.24, 2.45) is 0 Å². The van der Waals surface area contributed by atoms with E-state index in [9.17, 15) is 4.79 Å². The lowest BCUT2D eigenvalue weighted by molar-refractivity contribution is -0.138. The van der Waals surface area contributed by atoms with Crippen molar-refractivity contribution in [3.63, 3.8) is 0 Å². The molecular formula is C18H20O2. The van der Waals surface area contributed by atoms with E-state index in [1.807, 2.05) is 12.1 Å². The number of esters is 1. The lowest BCUT2D eigenvalue weighted by atomic mass is 9.92. The average Bonchev–Trinajstić information content (AvgIpc) is 2.46. The van der Waals surface area contributed by atoms with Crippen molar-refractivity contribution < 1.29 is 9.53 Å². The molecule has 0 fully saturated rings. The first-order valence-corrected chi connectivity index (χ1v) is 6.95. The fourth-order valence-electron chi connectivity index (χ4n) is 2.32. The van der Waals surface area contributed by atoms with Crippen molar-refractivity contribution in [1.29, 1.82) is 0 Å². The van der Waals surface area contributed by atoms with Gasteiger partial charge in [-0.3, -0.25) is 0 Å². The molecule has 0 radical (unpaired) electrons. The first-order valence-electron chi connectivity index (χ1n) is 6.95. The van der Waals surface area contributed by atoms with Crippen LogP contribution in [0.4, 0.5) is 0 Å². The SMILES string of the molecule is C=C(CC(C)c1ccc2ccccc2c1)C(=O)OCC. The Labute approximate surface area is 120 Å². The molecule has 0 aromatic heterocycles. The quantitative estimate of drug-likeness (QED) is 0.591. The molecule has 0 aliphatic rings. The highest BCUT2D eigenvalue weighted by molar-refractivity contribution is 5.88. The van der Waals surface area contributed by atoms with E-state index in [1.165, 1.54) is 16.3 Å². The fraction of sp³-hybridized carbons (Fsp3) is 0.278. The van der Waals surface area contributed by atoms with E-state index >= 15 is 0 Å². The Hall–Kier alpha value is -2.09. The van der Waals surface area contributed by atoms with Gasteiger partial charge in [-0.25, -0.2) is 4.79 Å². The summed E-state index contributed by atoms with van der Waals surface area (Å²) in [4.78, 5) is 11.6. The van der Waals surface area contributed by atoms with E-state index in [-0.39, 0.29) is 11.9 Å². The molecule has 0 aliphatic carbocycles. The van der Waals surface area contributed by atoms with Gasteiger partial charge in [0.25, 0.3) is 0 Å². The van der Waals surface area contributed by atoms with E-state index < -0.39 is 0 Å². The van der Waals surface area contributed by atoms with Crippen molar-refractivity contribution in [3.05, 3.63) is 60.2 Å². The predicted molar refractivity (Wildman–Crippen MR) is 82.8 cm³/mol. The minimum Gasteiger partial charge on any atom is -0.463 e. The molecule has 20 heavy (non-hydrogen) atoms. The lowest BCUT2D eigenvalue weighted by Gasteiger charge is -2.14. The number of hydrogen-bond donors (Lipinski definition) is 0. The molecule has 2 rings (SSSR count). The van der Waals surface area contributed by atoms with Gasteiger partial charge in [0, 0.05) is 5.57 Å². The van der Waals surface area contributed by atoms with Crippen LogP contribution < -0.4 is 0 Å². The van der Waals surface area contributed by atoms with Gasteiger partial charge in [-0.05, 0) is 35.6 Å². The summed E-state index contributed by atoms with van der Waals surface area (Å²) >= 11 is 0. The maximum Gasteiger partial charge on any atom is 0.333 e. The van der Waals surface area contributed by atoms with Gasteiger partial charge in [-0.1, -0.05) is 56.0 Å². The Kier molecular flexibility index (Phi) is 4.57. The second-order valence-electron chi connectivity index (χ2n) is 5.04. The summed E-state index contributed by atoms with van der Waals surface area (Å²) in [5.74, 6) is -0.0448. The number of hydrogen-bond acceptors (Lipinski definition) is 2. The van der Waals surface area contributed by atoms with Gasteiger partial charge in [0.15, 0.2) is 0 Å². The van der Waals surface area contributed by atoms with Gasteiger partial charge in [0.1, 0.15) is 0 Å².